The predicted octanol–water partition coefficient (Wildman–Crippen LogP) is 1.07. The molecule has 0 radical (unpaired) electrons. The van der Waals surface area contributed by atoms with E-state index in [1.807, 2.05) is 0 Å². The van der Waals surface area contributed by atoms with E-state index in [9.17, 15) is 9.59 Å². The third-order valence-corrected chi connectivity index (χ3v) is 4.79. The Morgan fingerprint density at radius 2 is 1.39 bits per heavy atom. The van der Waals surface area contributed by atoms with Crippen molar-refractivity contribution in [1.29, 1.82) is 0 Å². The van der Waals surface area contributed by atoms with Crippen LogP contribution in [0.2, 0.25) is 0 Å². The molecule has 18 heavy (non-hydrogen) atoms. The molecule has 0 aromatic rings. The van der Waals surface area contributed by atoms with Crippen LogP contribution in [0, 0.1) is 29.6 Å². The Labute approximate surface area is 109 Å². The van der Waals surface area contributed by atoms with E-state index in [1.54, 1.807) is 38.0 Å². The second kappa shape index (κ2) is 4.56. The lowest BCUT2D eigenvalue weighted by Gasteiger charge is -2.35. The van der Waals surface area contributed by atoms with E-state index < -0.39 is 0 Å². The van der Waals surface area contributed by atoms with E-state index in [0.717, 1.165) is 12.8 Å². The molecule has 2 bridgehead atoms. The van der Waals surface area contributed by atoms with Crippen molar-refractivity contribution >= 4 is 11.8 Å². The molecular formula is C14H24N2O2. The monoisotopic (exact) mass is 252 g/mol. The van der Waals surface area contributed by atoms with E-state index in [2.05, 4.69) is 6.92 Å². The van der Waals surface area contributed by atoms with Crippen molar-refractivity contribution in [2.75, 3.05) is 28.2 Å². The molecule has 2 rings (SSSR count). The Morgan fingerprint density at radius 1 is 0.889 bits per heavy atom. The van der Waals surface area contributed by atoms with Gasteiger partial charge in [0.05, 0.1) is 11.8 Å². The van der Waals surface area contributed by atoms with Crippen molar-refractivity contribution in [3.05, 3.63) is 0 Å². The minimum Gasteiger partial charge on any atom is -0.349 e. The fourth-order valence-electron chi connectivity index (χ4n) is 3.97. The lowest BCUT2D eigenvalue weighted by atomic mass is 9.73. The molecule has 0 aromatic heterocycles. The summed E-state index contributed by atoms with van der Waals surface area (Å²) < 4.78 is 0. The number of nitrogens with zero attached hydrogens (tertiary/aromatic N) is 2. The highest BCUT2D eigenvalue weighted by atomic mass is 16.2. The molecular weight excluding hydrogens is 228 g/mol. The first-order chi connectivity index (χ1) is 8.34. The Balaban J connectivity index is 2.27. The topological polar surface area (TPSA) is 40.6 Å². The molecule has 0 N–H and O–H groups in total. The molecule has 5 unspecified atom stereocenters. The van der Waals surface area contributed by atoms with Gasteiger partial charge in [0.25, 0.3) is 0 Å². The zero-order valence-electron chi connectivity index (χ0n) is 12.0. The number of amides is 2. The number of hydrogen-bond donors (Lipinski definition) is 0. The van der Waals surface area contributed by atoms with Crippen LogP contribution in [-0.2, 0) is 9.59 Å². The van der Waals surface area contributed by atoms with Gasteiger partial charge >= 0.3 is 0 Å². The molecule has 2 fully saturated rings. The summed E-state index contributed by atoms with van der Waals surface area (Å²) >= 11 is 0. The van der Waals surface area contributed by atoms with Crippen LogP contribution in [0.15, 0.2) is 0 Å². The van der Waals surface area contributed by atoms with Gasteiger partial charge in [0.15, 0.2) is 0 Å². The third-order valence-electron chi connectivity index (χ3n) is 4.79. The first kappa shape index (κ1) is 13.4. The molecule has 2 amide bonds. The molecule has 2 aliphatic rings. The van der Waals surface area contributed by atoms with Crippen LogP contribution in [0.1, 0.15) is 19.8 Å². The third kappa shape index (κ3) is 1.91. The van der Waals surface area contributed by atoms with Crippen molar-refractivity contribution in [3.8, 4) is 0 Å². The van der Waals surface area contributed by atoms with Gasteiger partial charge in [0, 0.05) is 28.2 Å². The summed E-state index contributed by atoms with van der Waals surface area (Å²) in [4.78, 5) is 28.0. The van der Waals surface area contributed by atoms with Gasteiger partial charge in [-0.2, -0.15) is 0 Å². The lowest BCUT2D eigenvalue weighted by Crippen LogP contribution is -2.45. The summed E-state index contributed by atoms with van der Waals surface area (Å²) in [7, 11) is 7.15. The summed E-state index contributed by atoms with van der Waals surface area (Å²) in [6.45, 7) is 2.22. The highest BCUT2D eigenvalue weighted by molar-refractivity contribution is 5.88. The van der Waals surface area contributed by atoms with Crippen molar-refractivity contribution < 1.29 is 9.59 Å². The van der Waals surface area contributed by atoms with Gasteiger partial charge in [-0.05, 0) is 30.6 Å². The molecule has 0 heterocycles. The average molecular weight is 252 g/mol. The molecule has 102 valence electrons. The molecule has 2 aliphatic carbocycles. The van der Waals surface area contributed by atoms with E-state index in [-0.39, 0.29) is 23.7 Å². The highest BCUT2D eigenvalue weighted by Crippen LogP contribution is 2.55. The zero-order chi connectivity index (χ0) is 13.6. The summed E-state index contributed by atoms with van der Waals surface area (Å²) in [5.41, 5.74) is 0. The molecule has 0 saturated heterocycles. The average Bonchev–Trinajstić information content (AvgIpc) is 2.82. The molecule has 4 heteroatoms. The highest BCUT2D eigenvalue weighted by Gasteiger charge is 2.57. The Hall–Kier alpha value is -1.06. The fraction of sp³-hybridized carbons (Fsp3) is 0.857. The van der Waals surface area contributed by atoms with Crippen LogP contribution in [0.5, 0.6) is 0 Å². The van der Waals surface area contributed by atoms with E-state index >= 15 is 0 Å². The maximum absolute atomic E-state index is 12.4. The standard InChI is InChI=1S/C14H24N2O2/c1-8-6-9-7-10(8)12(14(18)16(4)5)11(9)13(17)15(2)3/h8-12H,6-7H2,1-5H3. The van der Waals surface area contributed by atoms with Crippen molar-refractivity contribution in [1.82, 2.24) is 9.80 Å². The quantitative estimate of drug-likeness (QED) is 0.737. The van der Waals surface area contributed by atoms with Crippen molar-refractivity contribution in [2.24, 2.45) is 29.6 Å². The largest absolute Gasteiger partial charge is 0.349 e. The molecule has 2 saturated carbocycles. The number of rotatable bonds is 2. The van der Waals surface area contributed by atoms with Crippen molar-refractivity contribution in [2.45, 2.75) is 19.8 Å². The summed E-state index contributed by atoms with van der Waals surface area (Å²) in [5, 5.41) is 0. The smallest absolute Gasteiger partial charge is 0.226 e. The van der Waals surface area contributed by atoms with Crippen LogP contribution in [-0.4, -0.2) is 49.8 Å². The summed E-state index contributed by atoms with van der Waals surface area (Å²) in [6, 6.07) is 0. The second-order valence-electron chi connectivity index (χ2n) is 6.39. The van der Waals surface area contributed by atoms with Crippen molar-refractivity contribution in [3.63, 3.8) is 0 Å². The number of hydrogen-bond acceptors (Lipinski definition) is 2. The van der Waals surface area contributed by atoms with E-state index in [1.165, 1.54) is 0 Å². The van der Waals surface area contributed by atoms with Crippen LogP contribution in [0.25, 0.3) is 0 Å². The SMILES string of the molecule is CC1CC2CC1C(C(=O)N(C)C)C2C(=O)N(C)C. The first-order valence-corrected chi connectivity index (χ1v) is 6.77. The lowest BCUT2D eigenvalue weighted by molar-refractivity contribution is -0.146. The second-order valence-corrected chi connectivity index (χ2v) is 6.39. The van der Waals surface area contributed by atoms with E-state index in [4.69, 9.17) is 0 Å². The molecule has 0 aromatic carbocycles. The zero-order valence-corrected chi connectivity index (χ0v) is 12.0. The van der Waals surface area contributed by atoms with Gasteiger partial charge in [-0.25, -0.2) is 0 Å². The Bertz CT molecular complexity index is 365. The van der Waals surface area contributed by atoms with Crippen LogP contribution >= 0.6 is 0 Å². The minimum absolute atomic E-state index is 0.0869. The normalized spacial score (nSPS) is 37.7. The summed E-state index contributed by atoms with van der Waals surface area (Å²) in [6.07, 6.45) is 2.15. The minimum atomic E-state index is -0.0938. The van der Waals surface area contributed by atoms with Gasteiger partial charge in [-0.3, -0.25) is 9.59 Å². The predicted molar refractivity (Wildman–Crippen MR) is 69.7 cm³/mol. The molecule has 0 aliphatic heterocycles. The van der Waals surface area contributed by atoms with Gasteiger partial charge in [-0.1, -0.05) is 6.92 Å². The van der Waals surface area contributed by atoms with E-state index in [0.29, 0.717) is 17.8 Å². The Morgan fingerprint density at radius 3 is 1.89 bits per heavy atom. The van der Waals surface area contributed by atoms with Gasteiger partial charge in [0.1, 0.15) is 0 Å². The number of carbonyl (C=O) groups excluding carboxylic acids is 2. The maximum Gasteiger partial charge on any atom is 0.226 e. The number of carbonyl (C=O) groups is 2. The molecule has 0 spiro atoms. The summed E-state index contributed by atoms with van der Waals surface area (Å²) in [5.74, 6) is 1.48. The van der Waals surface area contributed by atoms with Crippen LogP contribution < -0.4 is 0 Å². The number of fused-ring (bicyclic) bond motifs is 2. The van der Waals surface area contributed by atoms with Gasteiger partial charge < -0.3 is 9.80 Å². The molecule has 5 atom stereocenters. The van der Waals surface area contributed by atoms with Crippen LogP contribution in [0.4, 0.5) is 0 Å². The fourth-order valence-corrected chi connectivity index (χ4v) is 3.97. The first-order valence-electron chi connectivity index (χ1n) is 6.77. The Kier molecular flexibility index (Phi) is 3.39. The van der Waals surface area contributed by atoms with Gasteiger partial charge in [0.2, 0.25) is 11.8 Å². The molecule has 4 nitrogen and oxygen atoms in total. The van der Waals surface area contributed by atoms with Gasteiger partial charge in [-0.15, -0.1) is 0 Å². The maximum atomic E-state index is 12.4. The van der Waals surface area contributed by atoms with Crippen LogP contribution in [0.3, 0.4) is 0 Å².